The van der Waals surface area contributed by atoms with Crippen molar-refractivity contribution in [2.75, 3.05) is 0 Å². The monoisotopic (exact) mass is 427 g/mol. The minimum absolute atomic E-state index is 0.0487. The predicted octanol–water partition coefficient (Wildman–Crippen LogP) is 6.42. The summed E-state index contributed by atoms with van der Waals surface area (Å²) in [5, 5.41) is 5.45. The lowest BCUT2D eigenvalue weighted by Crippen LogP contribution is -2.49. The lowest BCUT2D eigenvalue weighted by atomic mass is 9.77. The van der Waals surface area contributed by atoms with Crippen molar-refractivity contribution < 1.29 is 0 Å². The minimum Gasteiger partial charge on any atom is -0.357 e. The smallest absolute Gasteiger partial charge is 0.124 e. The van der Waals surface area contributed by atoms with Gasteiger partial charge in [0.2, 0.25) is 0 Å². The number of aromatic nitrogens is 4. The molecule has 166 valence electrons. The molecule has 5 heteroatoms. The van der Waals surface area contributed by atoms with Crippen LogP contribution in [0.25, 0.3) is 22.2 Å². The summed E-state index contributed by atoms with van der Waals surface area (Å²) in [6.07, 6.45) is 13.7. The van der Waals surface area contributed by atoms with Gasteiger partial charge in [-0.3, -0.25) is 10.3 Å². The molecule has 0 saturated carbocycles. The van der Waals surface area contributed by atoms with Crippen LogP contribution < -0.4 is 5.32 Å². The lowest BCUT2D eigenvalue weighted by molar-refractivity contribution is 0.211. The van der Waals surface area contributed by atoms with E-state index >= 15 is 0 Å². The molecule has 0 saturated heterocycles. The van der Waals surface area contributed by atoms with E-state index in [1.807, 2.05) is 30.7 Å². The standard InChI is InChI=1S/C27H33N5/c1-3-5-13-27(14-6-4-2)25-21(20-9-7-8-10-22(20)30-25)17-23(32-27)26-29-18-24(31-26)19-11-15-28-16-12-19/h7-12,15-16,18,23,30,32H,3-6,13-14,17H2,1-2H3,(H,29,31). The van der Waals surface area contributed by atoms with Crippen molar-refractivity contribution in [1.82, 2.24) is 25.3 Å². The van der Waals surface area contributed by atoms with Gasteiger partial charge in [-0.05, 0) is 43.0 Å². The van der Waals surface area contributed by atoms with Crippen LogP contribution in [0.4, 0.5) is 0 Å². The Kier molecular flexibility index (Phi) is 5.83. The first-order valence-corrected chi connectivity index (χ1v) is 12.1. The lowest BCUT2D eigenvalue weighted by Gasteiger charge is -2.42. The van der Waals surface area contributed by atoms with E-state index in [1.165, 1.54) is 47.8 Å². The van der Waals surface area contributed by atoms with Gasteiger partial charge in [-0.25, -0.2) is 4.98 Å². The van der Waals surface area contributed by atoms with E-state index in [2.05, 4.69) is 58.4 Å². The van der Waals surface area contributed by atoms with Crippen LogP contribution in [0.5, 0.6) is 0 Å². The Labute approximate surface area is 190 Å². The molecule has 0 radical (unpaired) electrons. The fourth-order valence-corrected chi connectivity index (χ4v) is 5.31. The van der Waals surface area contributed by atoms with Gasteiger partial charge in [-0.2, -0.15) is 0 Å². The molecule has 1 aliphatic heterocycles. The van der Waals surface area contributed by atoms with Crippen LogP contribution in [0.3, 0.4) is 0 Å². The Hall–Kier alpha value is -2.92. The first kappa shape index (κ1) is 21.0. The summed E-state index contributed by atoms with van der Waals surface area (Å²) in [5.74, 6) is 1.02. The maximum atomic E-state index is 5.01. The molecule has 32 heavy (non-hydrogen) atoms. The Balaban J connectivity index is 1.58. The molecule has 1 aromatic carbocycles. The van der Waals surface area contributed by atoms with Crippen LogP contribution in [0.1, 0.15) is 75.5 Å². The van der Waals surface area contributed by atoms with Gasteiger partial charge < -0.3 is 9.97 Å². The summed E-state index contributed by atoms with van der Waals surface area (Å²) in [4.78, 5) is 16.5. The highest BCUT2D eigenvalue weighted by Gasteiger charge is 2.42. The molecule has 0 bridgehead atoms. The highest BCUT2D eigenvalue weighted by Crippen LogP contribution is 2.44. The maximum Gasteiger partial charge on any atom is 0.124 e. The largest absolute Gasteiger partial charge is 0.357 e. The van der Waals surface area contributed by atoms with Gasteiger partial charge in [0.05, 0.1) is 17.3 Å². The van der Waals surface area contributed by atoms with E-state index in [-0.39, 0.29) is 11.6 Å². The molecule has 3 aromatic heterocycles. The summed E-state index contributed by atoms with van der Waals surface area (Å²) in [7, 11) is 0. The third-order valence-electron chi connectivity index (χ3n) is 6.97. The van der Waals surface area contributed by atoms with Crippen molar-refractivity contribution in [2.45, 2.75) is 70.4 Å². The van der Waals surface area contributed by atoms with Crippen molar-refractivity contribution >= 4 is 10.9 Å². The number of pyridine rings is 1. The van der Waals surface area contributed by atoms with E-state index in [0.717, 1.165) is 36.3 Å². The van der Waals surface area contributed by atoms with Gasteiger partial charge in [0.1, 0.15) is 5.82 Å². The maximum absolute atomic E-state index is 5.01. The van der Waals surface area contributed by atoms with Crippen LogP contribution in [-0.4, -0.2) is 19.9 Å². The van der Waals surface area contributed by atoms with Gasteiger partial charge in [0, 0.05) is 40.8 Å². The topological polar surface area (TPSA) is 69.4 Å². The van der Waals surface area contributed by atoms with Gasteiger partial charge in [-0.1, -0.05) is 57.7 Å². The van der Waals surface area contributed by atoms with E-state index in [0.29, 0.717) is 0 Å². The average molecular weight is 428 g/mol. The second kappa shape index (κ2) is 8.91. The molecule has 5 rings (SSSR count). The first-order valence-electron chi connectivity index (χ1n) is 12.1. The fourth-order valence-electron chi connectivity index (χ4n) is 5.31. The van der Waals surface area contributed by atoms with Crippen molar-refractivity contribution in [3.8, 4) is 11.3 Å². The molecule has 3 N–H and O–H groups in total. The molecule has 0 amide bonds. The van der Waals surface area contributed by atoms with E-state index in [9.17, 15) is 0 Å². The number of H-pyrrole nitrogens is 2. The Morgan fingerprint density at radius 1 is 1.00 bits per heavy atom. The molecule has 1 unspecified atom stereocenters. The van der Waals surface area contributed by atoms with E-state index in [1.54, 1.807) is 0 Å². The highest BCUT2D eigenvalue weighted by atomic mass is 15.1. The Bertz CT molecular complexity index is 1170. The molecule has 5 nitrogen and oxygen atoms in total. The van der Waals surface area contributed by atoms with Crippen molar-refractivity contribution in [2.24, 2.45) is 0 Å². The average Bonchev–Trinajstić information content (AvgIpc) is 3.48. The van der Waals surface area contributed by atoms with Gasteiger partial charge in [-0.15, -0.1) is 0 Å². The van der Waals surface area contributed by atoms with Crippen molar-refractivity contribution in [3.63, 3.8) is 0 Å². The molecule has 0 spiro atoms. The van der Waals surface area contributed by atoms with E-state index < -0.39 is 0 Å². The number of aromatic amines is 2. The number of hydrogen-bond donors (Lipinski definition) is 3. The first-order chi connectivity index (χ1) is 15.7. The van der Waals surface area contributed by atoms with Crippen LogP contribution >= 0.6 is 0 Å². The molecular formula is C27H33N5. The summed E-state index contributed by atoms with van der Waals surface area (Å²) in [6, 6.07) is 12.9. The van der Waals surface area contributed by atoms with Gasteiger partial charge >= 0.3 is 0 Å². The number of fused-ring (bicyclic) bond motifs is 3. The van der Waals surface area contributed by atoms with Crippen molar-refractivity contribution in [1.29, 1.82) is 0 Å². The quantitative estimate of drug-likeness (QED) is 0.304. The normalized spacial score (nSPS) is 17.5. The number of nitrogens with zero attached hydrogens (tertiary/aromatic N) is 2. The molecule has 0 fully saturated rings. The number of imidazole rings is 1. The zero-order chi connectivity index (χ0) is 22.0. The van der Waals surface area contributed by atoms with Crippen LogP contribution in [0, 0.1) is 0 Å². The number of hydrogen-bond acceptors (Lipinski definition) is 3. The van der Waals surface area contributed by atoms with E-state index in [4.69, 9.17) is 4.98 Å². The van der Waals surface area contributed by atoms with Crippen LogP contribution in [0.15, 0.2) is 55.0 Å². The summed E-state index contributed by atoms with van der Waals surface area (Å²) >= 11 is 0. The molecule has 1 aliphatic rings. The summed E-state index contributed by atoms with van der Waals surface area (Å²) < 4.78 is 0. The van der Waals surface area contributed by atoms with Gasteiger partial charge in [0.25, 0.3) is 0 Å². The molecule has 4 aromatic rings. The fraction of sp³-hybridized carbons (Fsp3) is 0.407. The summed E-state index contributed by atoms with van der Waals surface area (Å²) in [5.41, 5.74) is 6.12. The molecule has 4 heterocycles. The number of unbranched alkanes of at least 4 members (excludes halogenated alkanes) is 2. The Morgan fingerprint density at radius 2 is 1.75 bits per heavy atom. The zero-order valence-electron chi connectivity index (χ0n) is 19.1. The molecule has 1 atom stereocenters. The number of benzene rings is 1. The SMILES string of the molecule is CCCCC1(CCCC)NC(c2nc(-c3ccncc3)c[nH]2)Cc2c1[nH]c1ccccc21. The highest BCUT2D eigenvalue weighted by molar-refractivity contribution is 5.85. The van der Waals surface area contributed by atoms with Crippen LogP contribution in [-0.2, 0) is 12.0 Å². The zero-order valence-corrected chi connectivity index (χ0v) is 19.1. The van der Waals surface area contributed by atoms with Gasteiger partial charge in [0.15, 0.2) is 0 Å². The van der Waals surface area contributed by atoms with Crippen molar-refractivity contribution in [3.05, 3.63) is 72.1 Å². The molecule has 0 aliphatic carbocycles. The Morgan fingerprint density at radius 3 is 2.50 bits per heavy atom. The molecular weight excluding hydrogens is 394 g/mol. The third-order valence-corrected chi connectivity index (χ3v) is 6.97. The second-order valence-corrected chi connectivity index (χ2v) is 9.12. The number of nitrogens with one attached hydrogen (secondary N) is 3. The second-order valence-electron chi connectivity index (χ2n) is 9.12. The number of rotatable bonds is 8. The summed E-state index contributed by atoms with van der Waals surface area (Å²) in [6.45, 7) is 4.57. The number of para-hydroxylation sites is 1. The third kappa shape index (κ3) is 3.75. The predicted molar refractivity (Wildman–Crippen MR) is 130 cm³/mol. The minimum atomic E-state index is -0.0487. The van der Waals surface area contributed by atoms with Crippen LogP contribution in [0.2, 0.25) is 0 Å².